The summed E-state index contributed by atoms with van der Waals surface area (Å²) in [4.78, 5) is 12.5. The van der Waals surface area contributed by atoms with E-state index in [0.717, 1.165) is 12.1 Å². The van der Waals surface area contributed by atoms with Crippen LogP contribution in [0.1, 0.15) is 15.9 Å². The van der Waals surface area contributed by atoms with E-state index in [1.54, 1.807) is 18.2 Å². The number of halogens is 5. The lowest BCUT2D eigenvalue weighted by atomic mass is 10.1. The van der Waals surface area contributed by atoms with Gasteiger partial charge in [0.05, 0.1) is 37.4 Å². The number of anilines is 2. The van der Waals surface area contributed by atoms with E-state index in [1.165, 1.54) is 30.3 Å². The number of amides is 1. The zero-order valence-electron chi connectivity index (χ0n) is 15.4. The molecule has 31 heavy (non-hydrogen) atoms. The Kier molecular flexibility index (Phi) is 6.49. The second-order valence-corrected chi connectivity index (χ2v) is 8.76. The summed E-state index contributed by atoms with van der Waals surface area (Å²) in [6.07, 6.45) is -4.61. The van der Waals surface area contributed by atoms with E-state index in [1.807, 2.05) is 0 Å². The van der Waals surface area contributed by atoms with Crippen LogP contribution in [0, 0.1) is 0 Å². The number of alkyl halides is 3. The molecule has 0 spiro atoms. The molecule has 0 aliphatic rings. The van der Waals surface area contributed by atoms with Crippen LogP contribution in [0.5, 0.6) is 0 Å². The minimum absolute atomic E-state index is 0.0344. The van der Waals surface area contributed by atoms with E-state index >= 15 is 0 Å². The average Bonchev–Trinajstić information content (AvgIpc) is 2.69. The topological polar surface area (TPSA) is 75.3 Å². The Morgan fingerprint density at radius 1 is 0.871 bits per heavy atom. The van der Waals surface area contributed by atoms with Crippen LogP contribution >= 0.6 is 23.2 Å². The molecule has 0 saturated carbocycles. The van der Waals surface area contributed by atoms with Crippen molar-refractivity contribution in [2.45, 2.75) is 11.1 Å². The summed E-state index contributed by atoms with van der Waals surface area (Å²) in [5.41, 5.74) is -1.21. The maximum Gasteiger partial charge on any atom is 0.416 e. The molecule has 162 valence electrons. The van der Waals surface area contributed by atoms with Crippen LogP contribution in [-0.4, -0.2) is 14.3 Å². The van der Waals surface area contributed by atoms with Gasteiger partial charge in [-0.3, -0.25) is 9.52 Å². The Morgan fingerprint density at radius 2 is 1.55 bits per heavy atom. The van der Waals surface area contributed by atoms with Crippen LogP contribution < -0.4 is 10.0 Å². The van der Waals surface area contributed by atoms with Crippen LogP contribution in [0.4, 0.5) is 24.5 Å². The fourth-order valence-electron chi connectivity index (χ4n) is 2.56. The van der Waals surface area contributed by atoms with Gasteiger partial charge in [-0.15, -0.1) is 0 Å². The summed E-state index contributed by atoms with van der Waals surface area (Å²) in [7, 11) is -3.87. The van der Waals surface area contributed by atoms with Crippen LogP contribution in [0.2, 0.25) is 10.0 Å². The Balaban J connectivity index is 1.81. The Labute approximate surface area is 185 Å². The first-order chi connectivity index (χ1) is 14.5. The summed E-state index contributed by atoms with van der Waals surface area (Å²) in [5.74, 6) is -0.816. The standard InChI is InChI=1S/C20H13Cl2F3N2O3S/c21-16-9-6-12(20(23,24)25)10-18(16)26-19(28)15-8-7-13(11-17(15)22)27-31(29,30)14-4-2-1-3-5-14/h1-11,27H,(H,26,28). The molecule has 0 bridgehead atoms. The Hall–Kier alpha value is -2.75. The molecule has 0 fully saturated rings. The number of rotatable bonds is 5. The van der Waals surface area contributed by atoms with Gasteiger partial charge in [0.1, 0.15) is 0 Å². The van der Waals surface area contributed by atoms with Gasteiger partial charge in [-0.05, 0) is 48.5 Å². The number of sulfonamides is 1. The van der Waals surface area contributed by atoms with Crippen LogP contribution in [0.3, 0.4) is 0 Å². The maximum atomic E-state index is 12.9. The van der Waals surface area contributed by atoms with Crippen LogP contribution in [0.25, 0.3) is 0 Å². The number of carbonyl (C=O) groups excluding carboxylic acids is 1. The normalized spacial score (nSPS) is 11.8. The first-order valence-electron chi connectivity index (χ1n) is 8.53. The zero-order chi connectivity index (χ0) is 22.8. The summed E-state index contributed by atoms with van der Waals surface area (Å²) < 4.78 is 65.8. The lowest BCUT2D eigenvalue weighted by Gasteiger charge is -2.13. The molecule has 0 atom stereocenters. The quantitative estimate of drug-likeness (QED) is 0.457. The number of carbonyl (C=O) groups is 1. The van der Waals surface area contributed by atoms with E-state index in [2.05, 4.69) is 10.0 Å². The van der Waals surface area contributed by atoms with Crippen LogP contribution in [0.15, 0.2) is 71.6 Å². The van der Waals surface area contributed by atoms with Crippen molar-refractivity contribution in [2.75, 3.05) is 10.0 Å². The monoisotopic (exact) mass is 488 g/mol. The summed E-state index contributed by atoms with van der Waals surface area (Å²) in [6.45, 7) is 0. The minimum atomic E-state index is -4.61. The third kappa shape index (κ3) is 5.49. The number of hydrogen-bond donors (Lipinski definition) is 2. The van der Waals surface area contributed by atoms with E-state index in [0.29, 0.717) is 6.07 Å². The SMILES string of the molecule is O=C(Nc1cc(C(F)(F)F)ccc1Cl)c1ccc(NS(=O)(=O)c2ccccc2)cc1Cl. The molecular weight excluding hydrogens is 476 g/mol. The Bertz CT molecular complexity index is 1230. The largest absolute Gasteiger partial charge is 0.416 e. The summed E-state index contributed by atoms with van der Waals surface area (Å²) >= 11 is 12.0. The third-order valence-electron chi connectivity index (χ3n) is 4.06. The van der Waals surface area contributed by atoms with Crippen molar-refractivity contribution in [1.82, 2.24) is 0 Å². The molecule has 3 aromatic rings. The molecule has 0 saturated heterocycles. The molecule has 0 heterocycles. The number of nitrogens with one attached hydrogen (secondary N) is 2. The van der Waals surface area contributed by atoms with Gasteiger partial charge in [0.25, 0.3) is 15.9 Å². The fourth-order valence-corrected chi connectivity index (χ4v) is 4.07. The van der Waals surface area contributed by atoms with Crippen molar-refractivity contribution in [3.63, 3.8) is 0 Å². The highest BCUT2D eigenvalue weighted by Crippen LogP contribution is 2.34. The van der Waals surface area contributed by atoms with Gasteiger partial charge < -0.3 is 5.32 Å². The maximum absolute atomic E-state index is 12.9. The second kappa shape index (κ2) is 8.78. The molecular formula is C20H13Cl2F3N2O3S. The van der Waals surface area contributed by atoms with E-state index in [4.69, 9.17) is 23.2 Å². The van der Waals surface area contributed by atoms with Crippen LogP contribution in [-0.2, 0) is 16.2 Å². The zero-order valence-corrected chi connectivity index (χ0v) is 17.7. The van der Waals surface area contributed by atoms with Gasteiger partial charge in [-0.25, -0.2) is 8.42 Å². The smallest absolute Gasteiger partial charge is 0.321 e. The molecule has 2 N–H and O–H groups in total. The fraction of sp³-hybridized carbons (Fsp3) is 0.0500. The van der Waals surface area contributed by atoms with Gasteiger partial charge in [-0.2, -0.15) is 13.2 Å². The van der Waals surface area contributed by atoms with Gasteiger partial charge in [-0.1, -0.05) is 41.4 Å². The predicted molar refractivity (Wildman–Crippen MR) is 113 cm³/mol. The van der Waals surface area contributed by atoms with E-state index in [9.17, 15) is 26.4 Å². The number of benzene rings is 3. The second-order valence-electron chi connectivity index (χ2n) is 6.26. The molecule has 0 radical (unpaired) electrons. The van der Waals surface area contributed by atoms with Crippen molar-refractivity contribution >= 4 is 50.5 Å². The van der Waals surface area contributed by atoms with E-state index < -0.39 is 27.7 Å². The number of hydrogen-bond acceptors (Lipinski definition) is 3. The molecule has 0 unspecified atom stereocenters. The first kappa shape index (κ1) is 22.9. The highest BCUT2D eigenvalue weighted by molar-refractivity contribution is 7.92. The third-order valence-corrected chi connectivity index (χ3v) is 6.10. The van der Waals surface area contributed by atoms with Gasteiger partial charge in [0.2, 0.25) is 0 Å². The van der Waals surface area contributed by atoms with Crippen molar-refractivity contribution < 1.29 is 26.4 Å². The summed E-state index contributed by atoms with van der Waals surface area (Å²) in [5, 5.41) is 2.07. The minimum Gasteiger partial charge on any atom is -0.321 e. The lowest BCUT2D eigenvalue weighted by molar-refractivity contribution is -0.137. The predicted octanol–water partition coefficient (Wildman–Crippen LogP) is 6.07. The van der Waals surface area contributed by atoms with Crippen molar-refractivity contribution in [3.05, 3.63) is 87.9 Å². The molecule has 11 heteroatoms. The average molecular weight is 489 g/mol. The highest BCUT2D eigenvalue weighted by Gasteiger charge is 2.31. The molecule has 1 amide bonds. The van der Waals surface area contributed by atoms with E-state index in [-0.39, 0.29) is 31.9 Å². The van der Waals surface area contributed by atoms with Crippen molar-refractivity contribution in [2.24, 2.45) is 0 Å². The molecule has 5 nitrogen and oxygen atoms in total. The van der Waals surface area contributed by atoms with Gasteiger partial charge in [0, 0.05) is 0 Å². The Morgan fingerprint density at radius 3 is 2.16 bits per heavy atom. The highest BCUT2D eigenvalue weighted by atomic mass is 35.5. The molecule has 0 aliphatic heterocycles. The molecule has 0 aromatic heterocycles. The van der Waals surface area contributed by atoms with Gasteiger partial charge >= 0.3 is 6.18 Å². The molecule has 3 rings (SSSR count). The molecule has 3 aromatic carbocycles. The van der Waals surface area contributed by atoms with Crippen molar-refractivity contribution in [1.29, 1.82) is 0 Å². The van der Waals surface area contributed by atoms with Crippen molar-refractivity contribution in [3.8, 4) is 0 Å². The lowest BCUT2D eigenvalue weighted by Crippen LogP contribution is -2.15. The molecule has 0 aliphatic carbocycles. The first-order valence-corrected chi connectivity index (χ1v) is 10.8. The summed E-state index contributed by atoms with van der Waals surface area (Å²) in [6, 6.07) is 13.9. The van der Waals surface area contributed by atoms with Gasteiger partial charge in [0.15, 0.2) is 0 Å².